The molecule has 0 radical (unpaired) electrons. The maximum absolute atomic E-state index is 13.2. The van der Waals surface area contributed by atoms with Gasteiger partial charge in [-0.25, -0.2) is 0 Å². The highest BCUT2D eigenvalue weighted by molar-refractivity contribution is 6.46. The molecule has 1 saturated heterocycles. The predicted molar refractivity (Wildman–Crippen MR) is 134 cm³/mol. The summed E-state index contributed by atoms with van der Waals surface area (Å²) in [5.74, 6) is -0.252. The Labute approximate surface area is 205 Å². The molecule has 0 aromatic heterocycles. The first-order valence-electron chi connectivity index (χ1n) is 11.7. The van der Waals surface area contributed by atoms with E-state index in [0.29, 0.717) is 42.2 Å². The fourth-order valence-electron chi connectivity index (χ4n) is 4.25. The first-order valence-corrected chi connectivity index (χ1v) is 11.7. The summed E-state index contributed by atoms with van der Waals surface area (Å²) in [6.07, 6.45) is 1.46. The van der Waals surface area contributed by atoms with Crippen LogP contribution in [0.4, 0.5) is 0 Å². The third-order valence-corrected chi connectivity index (χ3v) is 6.03. The fourth-order valence-corrected chi connectivity index (χ4v) is 4.25. The monoisotopic (exact) mass is 471 g/mol. The van der Waals surface area contributed by atoms with E-state index in [1.165, 1.54) is 4.90 Å². The Bertz CT molecular complexity index is 1220. The minimum Gasteiger partial charge on any atom is -0.507 e. The maximum atomic E-state index is 13.2. The Morgan fingerprint density at radius 1 is 0.943 bits per heavy atom. The molecule has 1 amide bonds. The van der Waals surface area contributed by atoms with E-state index in [0.717, 1.165) is 12.0 Å². The number of nitrogens with zero attached hydrogens (tertiary/aromatic N) is 1. The van der Waals surface area contributed by atoms with E-state index < -0.39 is 17.7 Å². The zero-order valence-corrected chi connectivity index (χ0v) is 19.9. The molecule has 1 fully saturated rings. The molecule has 0 spiro atoms. The third-order valence-electron chi connectivity index (χ3n) is 6.03. The normalized spacial score (nSPS) is 17.0. The lowest BCUT2D eigenvalue weighted by Crippen LogP contribution is -2.31. The van der Waals surface area contributed by atoms with Crippen LogP contribution < -0.4 is 9.47 Å². The predicted octanol–water partition coefficient (Wildman–Crippen LogP) is 5.15. The molecule has 3 aromatic rings. The summed E-state index contributed by atoms with van der Waals surface area (Å²) in [6.45, 7) is 2.94. The van der Waals surface area contributed by atoms with Crippen molar-refractivity contribution in [3.8, 4) is 11.5 Å². The van der Waals surface area contributed by atoms with E-state index in [2.05, 4.69) is 0 Å². The number of benzene rings is 3. The molecule has 6 heteroatoms. The van der Waals surface area contributed by atoms with Gasteiger partial charge in [0.2, 0.25) is 0 Å². The van der Waals surface area contributed by atoms with Crippen LogP contribution in [0.25, 0.3) is 5.76 Å². The fraction of sp³-hybridized carbons (Fsp3) is 0.241. The lowest BCUT2D eigenvalue weighted by molar-refractivity contribution is -0.139. The van der Waals surface area contributed by atoms with Crippen molar-refractivity contribution in [2.24, 2.45) is 0 Å². The lowest BCUT2D eigenvalue weighted by Gasteiger charge is -2.25. The number of aliphatic hydroxyl groups is 1. The van der Waals surface area contributed by atoms with Crippen molar-refractivity contribution in [1.82, 2.24) is 4.90 Å². The number of ether oxygens (including phenoxy) is 2. The number of ketones is 1. The van der Waals surface area contributed by atoms with E-state index in [1.807, 2.05) is 49.4 Å². The van der Waals surface area contributed by atoms with Gasteiger partial charge in [0.15, 0.2) is 0 Å². The van der Waals surface area contributed by atoms with Crippen LogP contribution in [0.2, 0.25) is 0 Å². The van der Waals surface area contributed by atoms with Crippen molar-refractivity contribution >= 4 is 17.4 Å². The van der Waals surface area contributed by atoms with Crippen molar-refractivity contribution in [1.29, 1.82) is 0 Å². The molecule has 3 aromatic carbocycles. The molecule has 1 aliphatic rings. The number of carbonyl (C=O) groups is 2. The van der Waals surface area contributed by atoms with Gasteiger partial charge in [-0.3, -0.25) is 9.59 Å². The highest BCUT2D eigenvalue weighted by Crippen LogP contribution is 2.40. The minimum absolute atomic E-state index is 0.0681. The van der Waals surface area contributed by atoms with Gasteiger partial charge in [-0.2, -0.15) is 0 Å². The Hall–Kier alpha value is -4.06. The largest absolute Gasteiger partial charge is 0.507 e. The average molecular weight is 472 g/mol. The maximum Gasteiger partial charge on any atom is 0.295 e. The van der Waals surface area contributed by atoms with Crippen LogP contribution in [0.5, 0.6) is 11.5 Å². The van der Waals surface area contributed by atoms with Crippen LogP contribution in [-0.2, 0) is 16.0 Å². The van der Waals surface area contributed by atoms with E-state index in [9.17, 15) is 14.7 Å². The summed E-state index contributed by atoms with van der Waals surface area (Å²) in [7, 11) is 1.56. The molecule has 6 nitrogen and oxygen atoms in total. The molecule has 4 rings (SSSR count). The topological polar surface area (TPSA) is 76.1 Å². The van der Waals surface area contributed by atoms with Crippen molar-refractivity contribution in [2.45, 2.75) is 25.8 Å². The number of methoxy groups -OCH3 is 1. The van der Waals surface area contributed by atoms with E-state index in [4.69, 9.17) is 9.47 Å². The summed E-state index contributed by atoms with van der Waals surface area (Å²) in [5, 5.41) is 11.2. The van der Waals surface area contributed by atoms with E-state index in [1.54, 1.807) is 43.5 Å². The number of amides is 1. The molecule has 1 aliphatic heterocycles. The van der Waals surface area contributed by atoms with Gasteiger partial charge in [-0.1, -0.05) is 49.4 Å². The van der Waals surface area contributed by atoms with Crippen molar-refractivity contribution in [3.63, 3.8) is 0 Å². The quantitative estimate of drug-likeness (QED) is 0.265. The standard InChI is InChI=1S/C29H29NO5/c1-3-18-35-23-14-12-21(13-15-23)27(31)25-26(22-10-7-11-24(19-22)34-2)30(29(33)28(25)32)17-16-20-8-5-4-6-9-20/h4-15,19,26,31H,3,16-18H2,1-2H3/b27-25+. The smallest absolute Gasteiger partial charge is 0.295 e. The summed E-state index contributed by atoms with van der Waals surface area (Å²) in [4.78, 5) is 27.9. The molecule has 1 N–H and O–H groups in total. The number of Topliss-reactive ketones (excluding diaryl/α,β-unsaturated/α-hetero) is 1. The second-order valence-electron chi connectivity index (χ2n) is 8.38. The van der Waals surface area contributed by atoms with Crippen LogP contribution in [0.3, 0.4) is 0 Å². The third kappa shape index (κ3) is 5.22. The Morgan fingerprint density at radius 2 is 1.69 bits per heavy atom. The number of hydrogen-bond donors (Lipinski definition) is 1. The lowest BCUT2D eigenvalue weighted by atomic mass is 9.95. The molecule has 1 unspecified atom stereocenters. The molecule has 0 bridgehead atoms. The molecular weight excluding hydrogens is 442 g/mol. The molecular formula is C29H29NO5. The highest BCUT2D eigenvalue weighted by atomic mass is 16.5. The van der Waals surface area contributed by atoms with Gasteiger partial charge in [0.05, 0.1) is 25.3 Å². The van der Waals surface area contributed by atoms with Crippen LogP contribution in [0.15, 0.2) is 84.4 Å². The first kappa shape index (κ1) is 24.1. The molecule has 0 aliphatic carbocycles. The molecule has 35 heavy (non-hydrogen) atoms. The van der Waals surface area contributed by atoms with E-state index in [-0.39, 0.29) is 11.3 Å². The summed E-state index contributed by atoms with van der Waals surface area (Å²) >= 11 is 0. The minimum atomic E-state index is -0.732. The Morgan fingerprint density at radius 3 is 2.37 bits per heavy atom. The van der Waals surface area contributed by atoms with Crippen molar-refractivity contribution < 1.29 is 24.2 Å². The molecule has 1 heterocycles. The number of carbonyl (C=O) groups excluding carboxylic acids is 2. The van der Waals surface area contributed by atoms with Gasteiger partial charge in [-0.15, -0.1) is 0 Å². The highest BCUT2D eigenvalue weighted by Gasteiger charge is 2.45. The van der Waals surface area contributed by atoms with E-state index >= 15 is 0 Å². The van der Waals surface area contributed by atoms with Gasteiger partial charge in [0, 0.05) is 12.1 Å². The van der Waals surface area contributed by atoms with Gasteiger partial charge in [0.1, 0.15) is 17.3 Å². The summed E-state index contributed by atoms with van der Waals surface area (Å²) < 4.78 is 11.0. The number of likely N-dealkylation sites (tertiary alicyclic amines) is 1. The first-order chi connectivity index (χ1) is 17.0. The average Bonchev–Trinajstić information content (AvgIpc) is 3.16. The van der Waals surface area contributed by atoms with Gasteiger partial charge in [0.25, 0.3) is 11.7 Å². The Kier molecular flexibility index (Phi) is 7.51. The second-order valence-corrected chi connectivity index (χ2v) is 8.38. The van der Waals surface area contributed by atoms with Crippen molar-refractivity contribution in [2.75, 3.05) is 20.3 Å². The van der Waals surface area contributed by atoms with Gasteiger partial charge >= 0.3 is 0 Å². The second kappa shape index (κ2) is 10.9. The molecule has 0 saturated carbocycles. The summed E-state index contributed by atoms with van der Waals surface area (Å²) in [5.41, 5.74) is 2.27. The zero-order chi connectivity index (χ0) is 24.8. The van der Waals surface area contributed by atoms with Gasteiger partial charge < -0.3 is 19.5 Å². The van der Waals surface area contributed by atoms with Crippen LogP contribution in [0, 0.1) is 0 Å². The zero-order valence-electron chi connectivity index (χ0n) is 19.9. The van der Waals surface area contributed by atoms with Gasteiger partial charge in [-0.05, 0) is 60.4 Å². The number of rotatable bonds is 9. The van der Waals surface area contributed by atoms with Crippen LogP contribution in [0.1, 0.15) is 36.1 Å². The van der Waals surface area contributed by atoms with Crippen molar-refractivity contribution in [3.05, 3.63) is 101 Å². The van der Waals surface area contributed by atoms with Crippen LogP contribution >= 0.6 is 0 Å². The number of aliphatic hydroxyl groups excluding tert-OH is 1. The number of hydrogen-bond acceptors (Lipinski definition) is 5. The molecule has 180 valence electrons. The van der Waals surface area contributed by atoms with Crippen LogP contribution in [-0.4, -0.2) is 42.0 Å². The SMILES string of the molecule is CCCOc1ccc(/C(O)=C2\C(=O)C(=O)N(CCc3ccccc3)C2c2cccc(OC)c2)cc1. The summed E-state index contributed by atoms with van der Waals surface area (Å²) in [6, 6.07) is 23.2. The Balaban J connectivity index is 1.74. The molecule has 1 atom stereocenters.